The third-order valence-corrected chi connectivity index (χ3v) is 5.50. The normalized spacial score (nSPS) is 10.6. The molecule has 0 spiro atoms. The van der Waals surface area contributed by atoms with Gasteiger partial charge in [0, 0.05) is 12.3 Å². The van der Waals surface area contributed by atoms with Crippen LogP contribution in [0.2, 0.25) is 0 Å². The van der Waals surface area contributed by atoms with Crippen LogP contribution in [0.5, 0.6) is 5.75 Å². The average Bonchev–Trinajstić information content (AvgIpc) is 2.99. The Hall–Kier alpha value is -2.38. The van der Waals surface area contributed by atoms with Crippen molar-refractivity contribution in [2.45, 2.75) is 20.5 Å². The number of carbonyl (C=O) groups excluding carboxylic acids is 2. The van der Waals surface area contributed by atoms with Crippen LogP contribution in [0, 0.1) is 0 Å². The summed E-state index contributed by atoms with van der Waals surface area (Å²) in [6.45, 7) is 3.79. The van der Waals surface area contributed by atoms with Gasteiger partial charge >= 0.3 is 5.97 Å². The molecule has 0 aliphatic rings. The molecule has 0 aliphatic heterocycles. The van der Waals surface area contributed by atoms with E-state index >= 15 is 0 Å². The molecule has 1 amide bonds. The van der Waals surface area contributed by atoms with E-state index in [1.165, 1.54) is 18.3 Å². The Bertz CT molecular complexity index is 985. The van der Waals surface area contributed by atoms with E-state index in [4.69, 9.17) is 9.47 Å². The molecule has 0 bridgehead atoms. The van der Waals surface area contributed by atoms with Crippen LogP contribution in [0.1, 0.15) is 29.8 Å². The van der Waals surface area contributed by atoms with Crippen molar-refractivity contribution in [1.29, 1.82) is 0 Å². The molecule has 1 heterocycles. The van der Waals surface area contributed by atoms with Crippen molar-refractivity contribution in [3.05, 3.63) is 58.1 Å². The SMILES string of the molecule is CCOC(=O)c1c(NC(C)=O)sc2c(OCc3ccccc3)c(Br)ccc12. The van der Waals surface area contributed by atoms with Crippen LogP contribution in [0.25, 0.3) is 10.1 Å². The molecule has 1 N–H and O–H groups in total. The molecule has 3 aromatic rings. The van der Waals surface area contributed by atoms with Crippen molar-refractivity contribution in [3.63, 3.8) is 0 Å². The summed E-state index contributed by atoms with van der Waals surface area (Å²) in [5.41, 5.74) is 1.38. The van der Waals surface area contributed by atoms with Gasteiger partial charge in [-0.15, -0.1) is 11.3 Å². The molecule has 0 aliphatic carbocycles. The Balaban J connectivity index is 2.07. The number of hydrogen-bond donors (Lipinski definition) is 1. The number of rotatable bonds is 6. The van der Waals surface area contributed by atoms with Crippen molar-refractivity contribution in [3.8, 4) is 5.75 Å². The number of benzene rings is 2. The summed E-state index contributed by atoms with van der Waals surface area (Å²) in [6, 6.07) is 13.5. The molecule has 3 rings (SSSR count). The van der Waals surface area contributed by atoms with Crippen molar-refractivity contribution < 1.29 is 19.1 Å². The van der Waals surface area contributed by atoms with E-state index in [1.807, 2.05) is 42.5 Å². The lowest BCUT2D eigenvalue weighted by molar-refractivity contribution is -0.114. The second kappa shape index (κ2) is 8.54. The minimum Gasteiger partial charge on any atom is -0.486 e. The Morgan fingerprint density at radius 3 is 2.56 bits per heavy atom. The van der Waals surface area contributed by atoms with Gasteiger partial charge in [0.2, 0.25) is 5.91 Å². The monoisotopic (exact) mass is 447 g/mol. The summed E-state index contributed by atoms with van der Waals surface area (Å²) >= 11 is 4.82. The molecule has 2 aromatic carbocycles. The van der Waals surface area contributed by atoms with Gasteiger partial charge in [-0.2, -0.15) is 0 Å². The maximum atomic E-state index is 12.5. The van der Waals surface area contributed by atoms with Crippen LogP contribution in [0.4, 0.5) is 5.00 Å². The number of esters is 1. The molecule has 7 heteroatoms. The first-order valence-electron chi connectivity index (χ1n) is 8.37. The number of carbonyl (C=O) groups is 2. The first-order valence-corrected chi connectivity index (χ1v) is 9.98. The first-order chi connectivity index (χ1) is 13.0. The number of hydrogen-bond acceptors (Lipinski definition) is 5. The Morgan fingerprint density at radius 1 is 1.15 bits per heavy atom. The van der Waals surface area contributed by atoms with Gasteiger partial charge in [0.05, 0.1) is 15.8 Å². The third-order valence-electron chi connectivity index (χ3n) is 3.76. The molecule has 0 saturated heterocycles. The lowest BCUT2D eigenvalue weighted by Crippen LogP contribution is -2.10. The van der Waals surface area contributed by atoms with Gasteiger partial charge in [-0.1, -0.05) is 36.4 Å². The van der Waals surface area contributed by atoms with E-state index in [2.05, 4.69) is 21.2 Å². The fourth-order valence-electron chi connectivity index (χ4n) is 2.63. The Labute approximate surface area is 169 Å². The van der Waals surface area contributed by atoms with Crippen LogP contribution in [-0.4, -0.2) is 18.5 Å². The highest BCUT2D eigenvalue weighted by molar-refractivity contribution is 9.10. The quantitative estimate of drug-likeness (QED) is 0.515. The van der Waals surface area contributed by atoms with Crippen LogP contribution in [0.15, 0.2) is 46.9 Å². The zero-order valence-electron chi connectivity index (χ0n) is 14.9. The van der Waals surface area contributed by atoms with E-state index in [9.17, 15) is 9.59 Å². The third kappa shape index (κ3) is 4.31. The molecule has 0 atom stereocenters. The van der Waals surface area contributed by atoms with Crippen molar-refractivity contribution in [2.24, 2.45) is 0 Å². The number of thiophene rings is 1. The fourth-order valence-corrected chi connectivity index (χ4v) is 4.44. The second-order valence-electron chi connectivity index (χ2n) is 5.74. The van der Waals surface area contributed by atoms with Gasteiger partial charge in [0.1, 0.15) is 17.2 Å². The highest BCUT2D eigenvalue weighted by atomic mass is 79.9. The molecule has 0 radical (unpaired) electrons. The Morgan fingerprint density at radius 2 is 1.89 bits per heavy atom. The predicted octanol–water partition coefficient (Wildman–Crippen LogP) is 5.38. The van der Waals surface area contributed by atoms with Crippen LogP contribution >= 0.6 is 27.3 Å². The van der Waals surface area contributed by atoms with Gasteiger partial charge in [-0.25, -0.2) is 4.79 Å². The minimum atomic E-state index is -0.469. The number of anilines is 1. The van der Waals surface area contributed by atoms with Gasteiger partial charge in [0.15, 0.2) is 5.75 Å². The first kappa shape index (κ1) is 19.4. The molecule has 0 unspecified atom stereocenters. The van der Waals surface area contributed by atoms with Crippen LogP contribution in [-0.2, 0) is 16.1 Å². The summed E-state index contributed by atoms with van der Waals surface area (Å²) < 4.78 is 12.8. The van der Waals surface area contributed by atoms with Gasteiger partial charge in [0.25, 0.3) is 0 Å². The number of ether oxygens (including phenoxy) is 2. The molecule has 140 valence electrons. The second-order valence-corrected chi connectivity index (χ2v) is 7.61. The molecular weight excluding hydrogens is 430 g/mol. The largest absolute Gasteiger partial charge is 0.486 e. The molecular formula is C20H18BrNO4S. The van der Waals surface area contributed by atoms with E-state index in [0.717, 1.165) is 14.7 Å². The highest BCUT2D eigenvalue weighted by Crippen LogP contribution is 2.44. The number of amides is 1. The standard InChI is InChI=1S/C20H18BrNO4S/c1-3-25-20(24)16-14-9-10-15(21)17(18(14)27-19(16)22-12(2)23)26-11-13-7-5-4-6-8-13/h4-10H,3,11H2,1-2H3,(H,22,23). The van der Waals surface area contributed by atoms with Crippen LogP contribution < -0.4 is 10.1 Å². The number of fused-ring (bicyclic) bond motifs is 1. The maximum Gasteiger partial charge on any atom is 0.341 e. The van der Waals surface area contributed by atoms with E-state index in [0.29, 0.717) is 28.3 Å². The van der Waals surface area contributed by atoms with Crippen molar-refractivity contribution >= 4 is 54.2 Å². The lowest BCUT2D eigenvalue weighted by Gasteiger charge is -2.10. The highest BCUT2D eigenvalue weighted by Gasteiger charge is 2.24. The smallest absolute Gasteiger partial charge is 0.341 e. The molecule has 5 nitrogen and oxygen atoms in total. The summed E-state index contributed by atoms with van der Waals surface area (Å²) in [5.74, 6) is -0.0924. The summed E-state index contributed by atoms with van der Waals surface area (Å²) in [5, 5.41) is 3.88. The maximum absolute atomic E-state index is 12.5. The predicted molar refractivity (Wildman–Crippen MR) is 111 cm³/mol. The molecule has 27 heavy (non-hydrogen) atoms. The Kier molecular flexibility index (Phi) is 6.13. The van der Waals surface area contributed by atoms with E-state index in [-0.39, 0.29) is 12.5 Å². The molecule has 1 aromatic heterocycles. The zero-order valence-corrected chi connectivity index (χ0v) is 17.3. The van der Waals surface area contributed by atoms with Gasteiger partial charge < -0.3 is 14.8 Å². The van der Waals surface area contributed by atoms with Gasteiger partial charge in [-0.3, -0.25) is 4.79 Å². The number of nitrogens with one attached hydrogen (secondary N) is 1. The fraction of sp³-hybridized carbons (Fsp3) is 0.200. The topological polar surface area (TPSA) is 64.6 Å². The molecule has 0 fully saturated rings. The van der Waals surface area contributed by atoms with Crippen LogP contribution in [0.3, 0.4) is 0 Å². The summed E-state index contributed by atoms with van der Waals surface area (Å²) in [4.78, 5) is 24.1. The van der Waals surface area contributed by atoms with E-state index < -0.39 is 5.97 Å². The van der Waals surface area contributed by atoms with E-state index in [1.54, 1.807) is 6.92 Å². The minimum absolute atomic E-state index is 0.252. The zero-order chi connectivity index (χ0) is 19.4. The summed E-state index contributed by atoms with van der Waals surface area (Å²) in [7, 11) is 0. The van der Waals surface area contributed by atoms with Gasteiger partial charge in [-0.05, 0) is 34.5 Å². The summed E-state index contributed by atoms with van der Waals surface area (Å²) in [6.07, 6.45) is 0. The molecule has 0 saturated carbocycles. The number of halogens is 1. The van der Waals surface area contributed by atoms with Crippen molar-refractivity contribution in [1.82, 2.24) is 0 Å². The average molecular weight is 448 g/mol. The lowest BCUT2D eigenvalue weighted by atomic mass is 10.1. The van der Waals surface area contributed by atoms with Crippen molar-refractivity contribution in [2.75, 3.05) is 11.9 Å².